The van der Waals surface area contributed by atoms with Crippen LogP contribution in [0.5, 0.6) is 0 Å². The van der Waals surface area contributed by atoms with Gasteiger partial charge in [-0.2, -0.15) is 0 Å². The van der Waals surface area contributed by atoms with Gasteiger partial charge in [0, 0.05) is 6.04 Å². The Morgan fingerprint density at radius 3 is 2.56 bits per heavy atom. The number of hydrogen-bond acceptors (Lipinski definition) is 3. The number of carbonyl (C=O) groups excluding carboxylic acids is 1. The monoisotopic (exact) mass is 221 g/mol. The summed E-state index contributed by atoms with van der Waals surface area (Å²) in [6.45, 7) is 6.58. The molecule has 1 aromatic carbocycles. The highest BCUT2D eigenvalue weighted by Gasteiger charge is 2.07. The first-order valence-corrected chi connectivity index (χ1v) is 5.59. The molecule has 0 fully saturated rings. The minimum absolute atomic E-state index is 0.157. The van der Waals surface area contributed by atoms with E-state index in [0.717, 1.165) is 0 Å². The van der Waals surface area contributed by atoms with Crippen LogP contribution in [0, 0.1) is 6.92 Å². The van der Waals surface area contributed by atoms with Crippen molar-refractivity contribution >= 4 is 5.97 Å². The molecule has 16 heavy (non-hydrogen) atoms. The molecule has 0 unspecified atom stereocenters. The predicted octanol–water partition coefficient (Wildman–Crippen LogP) is 2.21. The van der Waals surface area contributed by atoms with Gasteiger partial charge in [-0.1, -0.05) is 29.8 Å². The fourth-order valence-electron chi connectivity index (χ4n) is 1.42. The molecule has 0 spiro atoms. The van der Waals surface area contributed by atoms with Gasteiger partial charge in [0.05, 0.1) is 13.2 Å². The van der Waals surface area contributed by atoms with Crippen LogP contribution in [-0.4, -0.2) is 19.1 Å². The number of carbonyl (C=O) groups is 1. The average molecular weight is 221 g/mol. The zero-order valence-electron chi connectivity index (χ0n) is 10.1. The lowest BCUT2D eigenvalue weighted by Crippen LogP contribution is -2.27. The third-order valence-corrected chi connectivity index (χ3v) is 2.44. The Labute approximate surface area is 96.8 Å². The minimum Gasteiger partial charge on any atom is -0.465 e. The number of esters is 1. The molecule has 1 rings (SSSR count). The van der Waals surface area contributed by atoms with Crippen molar-refractivity contribution in [3.63, 3.8) is 0 Å². The highest BCUT2D eigenvalue weighted by atomic mass is 16.5. The standard InChI is InChI=1S/C13H19NO2/c1-4-16-13(15)9-14-11(3)12-7-5-10(2)6-8-12/h5-8,11,14H,4,9H2,1-3H3/t11-/m0/s1. The van der Waals surface area contributed by atoms with Gasteiger partial charge in [0.15, 0.2) is 0 Å². The Morgan fingerprint density at radius 2 is 2.00 bits per heavy atom. The van der Waals surface area contributed by atoms with Crippen molar-refractivity contribution < 1.29 is 9.53 Å². The van der Waals surface area contributed by atoms with Crippen LogP contribution in [0.3, 0.4) is 0 Å². The SMILES string of the molecule is CCOC(=O)CN[C@@H](C)c1ccc(C)cc1. The topological polar surface area (TPSA) is 38.3 Å². The lowest BCUT2D eigenvalue weighted by atomic mass is 10.1. The summed E-state index contributed by atoms with van der Waals surface area (Å²) in [5.41, 5.74) is 2.41. The Hall–Kier alpha value is -1.35. The second-order valence-electron chi connectivity index (χ2n) is 3.82. The van der Waals surface area contributed by atoms with E-state index in [1.54, 1.807) is 6.92 Å². The molecule has 0 saturated carbocycles. The van der Waals surface area contributed by atoms with Crippen molar-refractivity contribution in [2.75, 3.05) is 13.2 Å². The van der Waals surface area contributed by atoms with E-state index in [9.17, 15) is 4.79 Å². The highest BCUT2D eigenvalue weighted by Crippen LogP contribution is 2.12. The fourth-order valence-corrected chi connectivity index (χ4v) is 1.42. The Bertz CT molecular complexity index is 332. The van der Waals surface area contributed by atoms with Gasteiger partial charge in [0.2, 0.25) is 0 Å². The van der Waals surface area contributed by atoms with E-state index in [0.29, 0.717) is 6.61 Å². The summed E-state index contributed by atoms with van der Waals surface area (Å²) >= 11 is 0. The summed E-state index contributed by atoms with van der Waals surface area (Å²) in [7, 11) is 0. The molecule has 0 aliphatic rings. The van der Waals surface area contributed by atoms with Crippen molar-refractivity contribution in [3.05, 3.63) is 35.4 Å². The van der Waals surface area contributed by atoms with Gasteiger partial charge in [0.1, 0.15) is 0 Å². The zero-order chi connectivity index (χ0) is 12.0. The van der Waals surface area contributed by atoms with Crippen LogP contribution in [0.15, 0.2) is 24.3 Å². The minimum atomic E-state index is -0.207. The van der Waals surface area contributed by atoms with Gasteiger partial charge in [-0.3, -0.25) is 4.79 Å². The lowest BCUT2D eigenvalue weighted by molar-refractivity contribution is -0.142. The first kappa shape index (κ1) is 12.7. The van der Waals surface area contributed by atoms with Gasteiger partial charge >= 0.3 is 5.97 Å². The smallest absolute Gasteiger partial charge is 0.319 e. The maximum Gasteiger partial charge on any atom is 0.319 e. The molecule has 0 amide bonds. The number of benzene rings is 1. The summed E-state index contributed by atoms with van der Waals surface area (Å²) in [6.07, 6.45) is 0. The van der Waals surface area contributed by atoms with Crippen molar-refractivity contribution in [3.8, 4) is 0 Å². The molecule has 0 saturated heterocycles. The van der Waals surface area contributed by atoms with Crippen LogP contribution in [0.4, 0.5) is 0 Å². The normalized spacial score (nSPS) is 12.2. The second-order valence-corrected chi connectivity index (χ2v) is 3.82. The quantitative estimate of drug-likeness (QED) is 0.775. The van der Waals surface area contributed by atoms with Crippen LogP contribution < -0.4 is 5.32 Å². The van der Waals surface area contributed by atoms with Crippen LogP contribution >= 0.6 is 0 Å². The van der Waals surface area contributed by atoms with Crippen molar-refractivity contribution in [1.82, 2.24) is 5.32 Å². The number of nitrogens with one attached hydrogen (secondary N) is 1. The van der Waals surface area contributed by atoms with E-state index in [1.165, 1.54) is 11.1 Å². The molecule has 0 aliphatic carbocycles. The maximum absolute atomic E-state index is 11.1. The van der Waals surface area contributed by atoms with Gasteiger partial charge in [-0.15, -0.1) is 0 Å². The summed E-state index contributed by atoms with van der Waals surface area (Å²) in [5.74, 6) is -0.207. The van der Waals surface area contributed by atoms with Crippen molar-refractivity contribution in [2.45, 2.75) is 26.8 Å². The van der Waals surface area contributed by atoms with E-state index < -0.39 is 0 Å². The first-order chi connectivity index (χ1) is 7.63. The van der Waals surface area contributed by atoms with Crippen LogP contribution in [0.1, 0.15) is 31.0 Å². The molecular weight excluding hydrogens is 202 g/mol. The summed E-state index contributed by atoms with van der Waals surface area (Å²) in [5, 5.41) is 3.13. The Balaban J connectivity index is 2.43. The molecule has 0 aliphatic heterocycles. The zero-order valence-corrected chi connectivity index (χ0v) is 10.1. The molecular formula is C13H19NO2. The maximum atomic E-state index is 11.1. The molecule has 3 heteroatoms. The number of rotatable bonds is 5. The number of ether oxygens (including phenoxy) is 1. The van der Waals surface area contributed by atoms with Crippen molar-refractivity contribution in [1.29, 1.82) is 0 Å². The van der Waals surface area contributed by atoms with Crippen LogP contribution in [0.25, 0.3) is 0 Å². The van der Waals surface area contributed by atoms with Gasteiger partial charge in [-0.25, -0.2) is 0 Å². The summed E-state index contributed by atoms with van der Waals surface area (Å²) in [4.78, 5) is 11.1. The van der Waals surface area contributed by atoms with E-state index in [1.807, 2.05) is 6.92 Å². The molecule has 0 bridgehead atoms. The Kier molecular flexibility index (Phi) is 4.99. The van der Waals surface area contributed by atoms with E-state index in [2.05, 4.69) is 36.5 Å². The van der Waals surface area contributed by atoms with E-state index >= 15 is 0 Å². The molecule has 0 heterocycles. The average Bonchev–Trinajstić information content (AvgIpc) is 2.27. The van der Waals surface area contributed by atoms with Crippen LogP contribution in [0.2, 0.25) is 0 Å². The largest absolute Gasteiger partial charge is 0.465 e. The first-order valence-electron chi connectivity index (χ1n) is 5.59. The molecule has 1 N–H and O–H groups in total. The number of hydrogen-bond donors (Lipinski definition) is 1. The third kappa shape index (κ3) is 4.03. The summed E-state index contributed by atoms with van der Waals surface area (Å²) < 4.78 is 4.85. The lowest BCUT2D eigenvalue weighted by Gasteiger charge is -2.13. The van der Waals surface area contributed by atoms with E-state index in [-0.39, 0.29) is 18.6 Å². The highest BCUT2D eigenvalue weighted by molar-refractivity contribution is 5.71. The van der Waals surface area contributed by atoms with E-state index in [4.69, 9.17) is 4.74 Å². The molecule has 0 radical (unpaired) electrons. The number of aryl methyl sites for hydroxylation is 1. The molecule has 1 atom stereocenters. The third-order valence-electron chi connectivity index (χ3n) is 2.44. The second kappa shape index (κ2) is 6.28. The van der Waals surface area contributed by atoms with Gasteiger partial charge in [-0.05, 0) is 26.3 Å². The molecule has 3 nitrogen and oxygen atoms in total. The molecule has 1 aromatic rings. The molecule has 0 aromatic heterocycles. The summed E-state index contributed by atoms with van der Waals surface area (Å²) in [6, 6.07) is 8.43. The fraction of sp³-hybridized carbons (Fsp3) is 0.462. The van der Waals surface area contributed by atoms with Crippen LogP contribution in [-0.2, 0) is 9.53 Å². The predicted molar refractivity (Wildman–Crippen MR) is 64.2 cm³/mol. The van der Waals surface area contributed by atoms with Gasteiger partial charge in [0.25, 0.3) is 0 Å². The van der Waals surface area contributed by atoms with Gasteiger partial charge < -0.3 is 10.1 Å². The van der Waals surface area contributed by atoms with Crippen molar-refractivity contribution in [2.24, 2.45) is 0 Å². The molecule has 88 valence electrons. The Morgan fingerprint density at radius 1 is 1.38 bits per heavy atom.